The summed E-state index contributed by atoms with van der Waals surface area (Å²) in [6, 6.07) is 8.97. The fourth-order valence-electron chi connectivity index (χ4n) is 2.31. The van der Waals surface area contributed by atoms with Gasteiger partial charge in [0.15, 0.2) is 0 Å². The molecule has 0 radical (unpaired) electrons. The van der Waals surface area contributed by atoms with Crippen molar-refractivity contribution >= 4 is 11.3 Å². The molecule has 1 aromatic carbocycles. The average molecular weight is 302 g/mol. The van der Waals surface area contributed by atoms with Crippen molar-refractivity contribution in [2.75, 3.05) is 0 Å². The molecule has 0 spiro atoms. The third kappa shape index (κ3) is 3.83. The molecule has 112 valence electrons. The Morgan fingerprint density at radius 2 is 2.14 bits per heavy atom. The van der Waals surface area contributed by atoms with Gasteiger partial charge in [-0.1, -0.05) is 25.1 Å². The van der Waals surface area contributed by atoms with E-state index < -0.39 is 0 Å². The lowest BCUT2D eigenvalue weighted by molar-refractivity contribution is 0.302. The molecule has 0 aliphatic heterocycles. The minimum atomic E-state index is 0.561. The molecule has 0 bridgehead atoms. The number of aryl methyl sites for hydroxylation is 2. The van der Waals surface area contributed by atoms with E-state index in [2.05, 4.69) is 36.3 Å². The standard InChI is InChI=1S/C17H22N2OS/c1-3-13-6-4-5-7-15(13)20-11-17-19-12(2)16(21-17)10-18-14-8-9-14/h4-7,14,18H,3,8-11H2,1-2H3. The Kier molecular flexibility index (Phi) is 4.56. The maximum Gasteiger partial charge on any atom is 0.140 e. The maximum atomic E-state index is 5.95. The quantitative estimate of drug-likeness (QED) is 0.843. The van der Waals surface area contributed by atoms with Crippen molar-refractivity contribution in [1.29, 1.82) is 0 Å². The highest BCUT2D eigenvalue weighted by atomic mass is 32.1. The zero-order valence-corrected chi connectivity index (χ0v) is 13.5. The van der Waals surface area contributed by atoms with Crippen LogP contribution in [0.15, 0.2) is 24.3 Å². The smallest absolute Gasteiger partial charge is 0.140 e. The van der Waals surface area contributed by atoms with E-state index in [1.165, 1.54) is 23.3 Å². The van der Waals surface area contributed by atoms with E-state index in [0.29, 0.717) is 6.61 Å². The van der Waals surface area contributed by atoms with Crippen molar-refractivity contribution in [1.82, 2.24) is 10.3 Å². The van der Waals surface area contributed by atoms with Gasteiger partial charge >= 0.3 is 0 Å². The fraction of sp³-hybridized carbons (Fsp3) is 0.471. The first-order valence-corrected chi connectivity index (χ1v) is 8.47. The minimum Gasteiger partial charge on any atom is -0.486 e. The lowest BCUT2D eigenvalue weighted by Gasteiger charge is -2.08. The molecule has 21 heavy (non-hydrogen) atoms. The predicted octanol–water partition coefficient (Wildman–Crippen LogP) is 3.84. The molecule has 0 amide bonds. The van der Waals surface area contributed by atoms with Gasteiger partial charge in [-0.15, -0.1) is 11.3 Å². The van der Waals surface area contributed by atoms with Crippen LogP contribution in [-0.2, 0) is 19.6 Å². The molecule has 1 aliphatic carbocycles. The van der Waals surface area contributed by atoms with Gasteiger partial charge in [-0.3, -0.25) is 0 Å². The monoisotopic (exact) mass is 302 g/mol. The number of hydrogen-bond donors (Lipinski definition) is 1. The number of hydrogen-bond acceptors (Lipinski definition) is 4. The third-order valence-corrected chi connectivity index (χ3v) is 4.90. The van der Waals surface area contributed by atoms with Crippen LogP contribution < -0.4 is 10.1 Å². The number of nitrogens with one attached hydrogen (secondary N) is 1. The van der Waals surface area contributed by atoms with Gasteiger partial charge in [0.1, 0.15) is 17.4 Å². The maximum absolute atomic E-state index is 5.95. The summed E-state index contributed by atoms with van der Waals surface area (Å²) in [5.41, 5.74) is 2.39. The molecule has 1 heterocycles. The second-order valence-corrected chi connectivity index (χ2v) is 6.69. The number of benzene rings is 1. The Bertz CT molecular complexity index is 605. The van der Waals surface area contributed by atoms with Crippen LogP contribution in [0.25, 0.3) is 0 Å². The topological polar surface area (TPSA) is 34.1 Å². The molecule has 1 aromatic heterocycles. The number of rotatable bonds is 7. The van der Waals surface area contributed by atoms with Gasteiger partial charge < -0.3 is 10.1 Å². The molecule has 1 N–H and O–H groups in total. The van der Waals surface area contributed by atoms with Gasteiger partial charge in [-0.2, -0.15) is 0 Å². The van der Waals surface area contributed by atoms with Crippen LogP contribution in [-0.4, -0.2) is 11.0 Å². The van der Waals surface area contributed by atoms with Crippen LogP contribution in [0.1, 0.15) is 40.9 Å². The first kappa shape index (κ1) is 14.5. The van der Waals surface area contributed by atoms with Crippen molar-refractivity contribution in [3.8, 4) is 5.75 Å². The molecule has 2 aromatic rings. The summed E-state index contributed by atoms with van der Waals surface area (Å²) in [6.45, 7) is 5.74. The number of thiazole rings is 1. The third-order valence-electron chi connectivity index (χ3n) is 3.77. The van der Waals surface area contributed by atoms with Crippen LogP contribution in [0.5, 0.6) is 5.75 Å². The van der Waals surface area contributed by atoms with Gasteiger partial charge in [0, 0.05) is 17.5 Å². The molecule has 4 heteroatoms. The Morgan fingerprint density at radius 3 is 2.90 bits per heavy atom. The summed E-state index contributed by atoms with van der Waals surface area (Å²) in [7, 11) is 0. The highest BCUT2D eigenvalue weighted by molar-refractivity contribution is 7.11. The first-order chi connectivity index (χ1) is 10.3. The van der Waals surface area contributed by atoms with E-state index in [4.69, 9.17) is 4.74 Å². The molecule has 0 atom stereocenters. The largest absolute Gasteiger partial charge is 0.486 e. The fourth-order valence-corrected chi connectivity index (χ4v) is 3.25. The van der Waals surface area contributed by atoms with E-state index in [1.807, 2.05) is 12.1 Å². The van der Waals surface area contributed by atoms with E-state index in [9.17, 15) is 0 Å². The minimum absolute atomic E-state index is 0.561. The number of ether oxygens (including phenoxy) is 1. The summed E-state index contributed by atoms with van der Waals surface area (Å²) in [5.74, 6) is 0.977. The van der Waals surface area contributed by atoms with Crippen LogP contribution >= 0.6 is 11.3 Å². The molecule has 3 nitrogen and oxygen atoms in total. The summed E-state index contributed by atoms with van der Waals surface area (Å²) >= 11 is 1.76. The lowest BCUT2D eigenvalue weighted by atomic mass is 10.1. The summed E-state index contributed by atoms with van der Waals surface area (Å²) in [4.78, 5) is 5.97. The highest BCUT2D eigenvalue weighted by Crippen LogP contribution is 2.24. The van der Waals surface area contributed by atoms with Gasteiger partial charge in [-0.25, -0.2) is 4.98 Å². The van der Waals surface area contributed by atoms with E-state index in [0.717, 1.165) is 35.5 Å². The van der Waals surface area contributed by atoms with Gasteiger partial charge in [0.05, 0.1) is 5.69 Å². The first-order valence-electron chi connectivity index (χ1n) is 7.65. The lowest BCUT2D eigenvalue weighted by Crippen LogP contribution is -2.14. The molecule has 3 rings (SSSR count). The van der Waals surface area contributed by atoms with Crippen molar-refractivity contribution in [3.05, 3.63) is 45.4 Å². The molecule has 1 saturated carbocycles. The second-order valence-electron chi connectivity index (χ2n) is 5.52. The summed E-state index contributed by atoms with van der Waals surface area (Å²) < 4.78 is 5.95. The Hall–Kier alpha value is -1.39. The van der Waals surface area contributed by atoms with Crippen LogP contribution in [0.3, 0.4) is 0 Å². The summed E-state index contributed by atoms with van der Waals surface area (Å²) in [6.07, 6.45) is 3.63. The molecule has 0 unspecified atom stereocenters. The highest BCUT2D eigenvalue weighted by Gasteiger charge is 2.21. The van der Waals surface area contributed by atoms with Crippen LogP contribution in [0.2, 0.25) is 0 Å². The summed E-state index contributed by atoms with van der Waals surface area (Å²) in [5, 5.41) is 4.61. The van der Waals surface area contributed by atoms with E-state index >= 15 is 0 Å². The predicted molar refractivity (Wildman–Crippen MR) is 86.9 cm³/mol. The van der Waals surface area contributed by atoms with Gasteiger partial charge in [0.2, 0.25) is 0 Å². The van der Waals surface area contributed by atoms with Crippen LogP contribution in [0.4, 0.5) is 0 Å². The molecular weight excluding hydrogens is 280 g/mol. The van der Waals surface area contributed by atoms with Gasteiger partial charge in [0.25, 0.3) is 0 Å². The number of aromatic nitrogens is 1. The van der Waals surface area contributed by atoms with E-state index in [-0.39, 0.29) is 0 Å². The molecular formula is C17H22N2OS. The van der Waals surface area contributed by atoms with Crippen molar-refractivity contribution in [3.63, 3.8) is 0 Å². The average Bonchev–Trinajstić information content (AvgIpc) is 3.27. The molecule has 0 saturated heterocycles. The number of para-hydroxylation sites is 1. The Labute approximate surface area is 130 Å². The number of nitrogens with zero attached hydrogens (tertiary/aromatic N) is 1. The second kappa shape index (κ2) is 6.58. The molecule has 1 fully saturated rings. The van der Waals surface area contributed by atoms with E-state index in [1.54, 1.807) is 11.3 Å². The Morgan fingerprint density at radius 1 is 1.33 bits per heavy atom. The van der Waals surface area contributed by atoms with Crippen molar-refractivity contribution in [2.24, 2.45) is 0 Å². The Balaban J connectivity index is 1.60. The zero-order valence-electron chi connectivity index (χ0n) is 12.7. The van der Waals surface area contributed by atoms with Gasteiger partial charge in [-0.05, 0) is 37.8 Å². The molecule has 1 aliphatic rings. The van der Waals surface area contributed by atoms with Crippen molar-refractivity contribution < 1.29 is 4.74 Å². The van der Waals surface area contributed by atoms with Crippen molar-refractivity contribution in [2.45, 2.75) is 52.3 Å². The zero-order chi connectivity index (χ0) is 14.7. The van der Waals surface area contributed by atoms with Crippen LogP contribution in [0, 0.1) is 6.92 Å². The normalized spacial score (nSPS) is 14.4. The SMILES string of the molecule is CCc1ccccc1OCc1nc(C)c(CNC2CC2)s1.